The lowest BCUT2D eigenvalue weighted by atomic mass is 10.6. The van der Waals surface area contributed by atoms with E-state index in [0.29, 0.717) is 0 Å². The number of alkyl halides is 3. The molecule has 1 heterocycles. The van der Waals surface area contributed by atoms with Gasteiger partial charge in [0.1, 0.15) is 6.61 Å². The van der Waals surface area contributed by atoms with Crippen LogP contribution in [0.1, 0.15) is 0 Å². The van der Waals surface area contributed by atoms with Crippen LogP contribution in [0.5, 0.6) is 11.8 Å². The SMILES string of the molecule is C=CCOc1cc(OC(F)(F)F)nc(N)n1. The zero-order valence-electron chi connectivity index (χ0n) is 7.99. The van der Waals surface area contributed by atoms with E-state index in [4.69, 9.17) is 10.5 Å². The van der Waals surface area contributed by atoms with Gasteiger partial charge in [-0.3, -0.25) is 0 Å². The molecule has 16 heavy (non-hydrogen) atoms. The smallest absolute Gasteiger partial charge is 0.473 e. The molecule has 0 radical (unpaired) electrons. The predicted octanol–water partition coefficient (Wildman–Crippen LogP) is 1.52. The first-order valence-electron chi connectivity index (χ1n) is 4.04. The van der Waals surface area contributed by atoms with Gasteiger partial charge in [-0.05, 0) is 0 Å². The number of rotatable bonds is 4. The van der Waals surface area contributed by atoms with Gasteiger partial charge in [-0.2, -0.15) is 9.97 Å². The molecule has 0 amide bonds. The van der Waals surface area contributed by atoms with E-state index in [1.54, 1.807) is 0 Å². The molecule has 0 aliphatic carbocycles. The predicted molar refractivity (Wildman–Crippen MR) is 48.8 cm³/mol. The zero-order valence-corrected chi connectivity index (χ0v) is 7.99. The van der Waals surface area contributed by atoms with Gasteiger partial charge in [-0.15, -0.1) is 13.2 Å². The molecule has 0 fully saturated rings. The number of halogens is 3. The van der Waals surface area contributed by atoms with Gasteiger partial charge >= 0.3 is 6.36 Å². The number of anilines is 1. The van der Waals surface area contributed by atoms with Crippen molar-refractivity contribution in [2.45, 2.75) is 6.36 Å². The van der Waals surface area contributed by atoms with Crippen LogP contribution in [0.3, 0.4) is 0 Å². The second kappa shape index (κ2) is 4.69. The van der Waals surface area contributed by atoms with Gasteiger partial charge in [0.15, 0.2) is 0 Å². The molecule has 1 rings (SSSR count). The van der Waals surface area contributed by atoms with Crippen LogP contribution in [0.2, 0.25) is 0 Å². The van der Waals surface area contributed by atoms with Gasteiger partial charge in [-0.1, -0.05) is 12.7 Å². The highest BCUT2D eigenvalue weighted by Crippen LogP contribution is 2.24. The van der Waals surface area contributed by atoms with E-state index in [0.717, 1.165) is 6.07 Å². The fourth-order valence-corrected chi connectivity index (χ4v) is 0.810. The quantitative estimate of drug-likeness (QED) is 0.801. The van der Waals surface area contributed by atoms with Crippen LogP contribution < -0.4 is 15.2 Å². The summed E-state index contributed by atoms with van der Waals surface area (Å²) in [5.74, 6) is -1.22. The number of nitrogen functional groups attached to an aromatic ring is 1. The summed E-state index contributed by atoms with van der Waals surface area (Å²) in [5, 5.41) is 0. The van der Waals surface area contributed by atoms with Gasteiger partial charge in [0.2, 0.25) is 17.7 Å². The Kier molecular flexibility index (Phi) is 3.54. The van der Waals surface area contributed by atoms with Crippen molar-refractivity contribution in [3.8, 4) is 11.8 Å². The summed E-state index contributed by atoms with van der Waals surface area (Å²) in [5.41, 5.74) is 5.17. The van der Waals surface area contributed by atoms with Gasteiger partial charge < -0.3 is 15.2 Å². The Morgan fingerprint density at radius 2 is 2.00 bits per heavy atom. The maximum atomic E-state index is 11.9. The monoisotopic (exact) mass is 235 g/mol. The normalized spacial score (nSPS) is 10.9. The molecule has 0 spiro atoms. The maximum absolute atomic E-state index is 11.9. The van der Waals surface area contributed by atoms with E-state index in [1.165, 1.54) is 6.08 Å². The fourth-order valence-electron chi connectivity index (χ4n) is 0.810. The van der Waals surface area contributed by atoms with Crippen LogP contribution in [0, 0.1) is 0 Å². The lowest BCUT2D eigenvalue weighted by molar-refractivity contribution is -0.276. The van der Waals surface area contributed by atoms with E-state index in [1.807, 2.05) is 0 Å². The maximum Gasteiger partial charge on any atom is 0.574 e. The van der Waals surface area contributed by atoms with Gasteiger partial charge in [0.25, 0.3) is 0 Å². The van der Waals surface area contributed by atoms with Crippen LogP contribution in [-0.2, 0) is 0 Å². The van der Waals surface area contributed by atoms with Crippen molar-refractivity contribution < 1.29 is 22.6 Å². The van der Waals surface area contributed by atoms with Gasteiger partial charge in [0.05, 0.1) is 6.07 Å². The minimum Gasteiger partial charge on any atom is -0.473 e. The minimum atomic E-state index is -4.84. The summed E-state index contributed by atoms with van der Waals surface area (Å²) in [6.45, 7) is 3.45. The van der Waals surface area contributed by atoms with E-state index < -0.39 is 12.2 Å². The highest BCUT2D eigenvalue weighted by atomic mass is 19.4. The number of ether oxygens (including phenoxy) is 2. The third-order valence-electron chi connectivity index (χ3n) is 1.27. The average Bonchev–Trinajstić information content (AvgIpc) is 2.10. The molecule has 0 saturated carbocycles. The standard InChI is InChI=1S/C8H8F3N3O2/c1-2-3-15-5-4-6(14-7(12)13-5)16-8(9,10)11/h2,4H,1,3H2,(H2,12,13,14). The van der Waals surface area contributed by atoms with Crippen LogP contribution in [0.15, 0.2) is 18.7 Å². The van der Waals surface area contributed by atoms with E-state index in [2.05, 4.69) is 21.3 Å². The Labute approximate surface area is 88.7 Å². The molecule has 0 saturated heterocycles. The summed E-state index contributed by atoms with van der Waals surface area (Å²) in [4.78, 5) is 6.80. The largest absolute Gasteiger partial charge is 0.574 e. The molecule has 1 aromatic heterocycles. The summed E-state index contributed by atoms with van der Waals surface area (Å²) in [6, 6.07) is 0.882. The Balaban J connectivity index is 2.85. The first kappa shape index (κ1) is 12.1. The molecule has 5 nitrogen and oxygen atoms in total. The highest BCUT2D eigenvalue weighted by Gasteiger charge is 2.32. The lowest BCUT2D eigenvalue weighted by Crippen LogP contribution is -2.18. The molecule has 0 unspecified atom stereocenters. The second-order valence-electron chi connectivity index (χ2n) is 2.55. The number of nitrogens with two attached hydrogens (primary N) is 1. The molecular formula is C8H8F3N3O2. The Morgan fingerprint density at radius 3 is 2.56 bits per heavy atom. The van der Waals surface area contributed by atoms with Crippen molar-refractivity contribution >= 4 is 5.95 Å². The van der Waals surface area contributed by atoms with Crippen molar-refractivity contribution in [1.82, 2.24) is 9.97 Å². The topological polar surface area (TPSA) is 70.3 Å². The summed E-state index contributed by atoms with van der Waals surface area (Å²) in [7, 11) is 0. The molecule has 1 aromatic rings. The Morgan fingerprint density at radius 1 is 1.38 bits per heavy atom. The van der Waals surface area contributed by atoms with Crippen LogP contribution in [0.4, 0.5) is 19.1 Å². The highest BCUT2D eigenvalue weighted by molar-refractivity contribution is 5.29. The molecule has 2 N–H and O–H groups in total. The number of aromatic nitrogens is 2. The summed E-state index contributed by atoms with van der Waals surface area (Å²) in [6.07, 6.45) is -3.43. The average molecular weight is 235 g/mol. The fraction of sp³-hybridized carbons (Fsp3) is 0.250. The molecule has 0 atom stereocenters. The van der Waals surface area contributed by atoms with Crippen LogP contribution in [0.25, 0.3) is 0 Å². The third kappa shape index (κ3) is 4.03. The molecule has 0 bridgehead atoms. The van der Waals surface area contributed by atoms with E-state index in [9.17, 15) is 13.2 Å². The zero-order chi connectivity index (χ0) is 12.2. The second-order valence-corrected chi connectivity index (χ2v) is 2.55. The molecule has 88 valence electrons. The van der Waals surface area contributed by atoms with E-state index >= 15 is 0 Å². The first-order chi connectivity index (χ1) is 7.40. The summed E-state index contributed by atoms with van der Waals surface area (Å²) < 4.78 is 44.1. The van der Waals surface area contributed by atoms with Gasteiger partial charge in [-0.25, -0.2) is 0 Å². The molecular weight excluding hydrogens is 227 g/mol. The lowest BCUT2D eigenvalue weighted by Gasteiger charge is -2.09. The first-order valence-corrected chi connectivity index (χ1v) is 4.04. The van der Waals surface area contributed by atoms with Crippen LogP contribution >= 0.6 is 0 Å². The van der Waals surface area contributed by atoms with Crippen molar-refractivity contribution in [1.29, 1.82) is 0 Å². The molecule has 0 aliphatic rings. The number of hydrogen-bond acceptors (Lipinski definition) is 5. The minimum absolute atomic E-state index is 0.0852. The molecule has 8 heteroatoms. The molecule has 0 aliphatic heterocycles. The van der Waals surface area contributed by atoms with Gasteiger partial charge in [0, 0.05) is 0 Å². The molecule has 0 aromatic carbocycles. The van der Waals surface area contributed by atoms with Crippen LogP contribution in [-0.4, -0.2) is 22.9 Å². The number of hydrogen-bond donors (Lipinski definition) is 1. The third-order valence-corrected chi connectivity index (χ3v) is 1.27. The summed E-state index contributed by atoms with van der Waals surface area (Å²) >= 11 is 0. The Bertz CT molecular complexity index is 381. The van der Waals surface area contributed by atoms with Crippen molar-refractivity contribution in [3.63, 3.8) is 0 Å². The van der Waals surface area contributed by atoms with Crippen molar-refractivity contribution in [2.75, 3.05) is 12.3 Å². The van der Waals surface area contributed by atoms with Crippen molar-refractivity contribution in [2.24, 2.45) is 0 Å². The Hall–Kier alpha value is -1.99. The van der Waals surface area contributed by atoms with Crippen molar-refractivity contribution in [3.05, 3.63) is 18.7 Å². The number of nitrogens with zero attached hydrogens (tertiary/aromatic N) is 2. The van der Waals surface area contributed by atoms with E-state index in [-0.39, 0.29) is 18.4 Å².